The van der Waals surface area contributed by atoms with E-state index >= 15 is 0 Å². The van der Waals surface area contributed by atoms with Crippen LogP contribution < -0.4 is 10.3 Å². The molecular formula is C15H17N3O2. The minimum absolute atomic E-state index is 0.0288. The molecule has 0 radical (unpaired) electrons. The highest BCUT2D eigenvalue weighted by molar-refractivity contribution is 6.04. The Morgan fingerprint density at radius 1 is 1.40 bits per heavy atom. The number of hydrogen-bond acceptors (Lipinski definition) is 3. The number of methoxy groups -OCH3 is 1. The monoisotopic (exact) mass is 271 g/mol. The van der Waals surface area contributed by atoms with Crippen LogP contribution in [0.3, 0.4) is 0 Å². The summed E-state index contributed by atoms with van der Waals surface area (Å²) in [7, 11) is 1.62. The Hall–Kier alpha value is -2.30. The van der Waals surface area contributed by atoms with Crippen molar-refractivity contribution in [1.29, 1.82) is 0 Å². The van der Waals surface area contributed by atoms with Crippen molar-refractivity contribution in [2.45, 2.75) is 20.4 Å². The molecule has 3 aromatic rings. The van der Waals surface area contributed by atoms with E-state index in [1.54, 1.807) is 18.0 Å². The molecule has 1 aromatic carbocycles. The summed E-state index contributed by atoms with van der Waals surface area (Å²) >= 11 is 0. The van der Waals surface area contributed by atoms with Crippen molar-refractivity contribution in [2.75, 3.05) is 7.11 Å². The van der Waals surface area contributed by atoms with Crippen molar-refractivity contribution in [1.82, 2.24) is 14.5 Å². The van der Waals surface area contributed by atoms with Gasteiger partial charge in [-0.2, -0.15) is 0 Å². The average Bonchev–Trinajstić information content (AvgIpc) is 2.80. The lowest BCUT2D eigenvalue weighted by Gasteiger charge is -2.07. The van der Waals surface area contributed by atoms with Gasteiger partial charge < -0.3 is 9.72 Å². The van der Waals surface area contributed by atoms with Gasteiger partial charge in [0.15, 0.2) is 0 Å². The summed E-state index contributed by atoms with van der Waals surface area (Å²) in [6.45, 7) is 4.82. The Labute approximate surface area is 116 Å². The molecule has 0 aliphatic heterocycles. The Bertz CT molecular complexity index is 830. The number of nitrogens with one attached hydrogen (secondary N) is 1. The van der Waals surface area contributed by atoms with Gasteiger partial charge in [-0.05, 0) is 24.1 Å². The van der Waals surface area contributed by atoms with Gasteiger partial charge >= 0.3 is 0 Å². The van der Waals surface area contributed by atoms with Crippen molar-refractivity contribution in [3.05, 3.63) is 34.9 Å². The lowest BCUT2D eigenvalue weighted by molar-refractivity contribution is 0.415. The van der Waals surface area contributed by atoms with Crippen LogP contribution >= 0.6 is 0 Å². The molecule has 104 valence electrons. The van der Waals surface area contributed by atoms with E-state index in [0.29, 0.717) is 23.5 Å². The highest BCUT2D eigenvalue weighted by Crippen LogP contribution is 2.25. The molecule has 0 aliphatic carbocycles. The first-order valence-corrected chi connectivity index (χ1v) is 6.65. The zero-order valence-corrected chi connectivity index (χ0v) is 11.8. The summed E-state index contributed by atoms with van der Waals surface area (Å²) in [6, 6.07) is 5.67. The van der Waals surface area contributed by atoms with Crippen molar-refractivity contribution in [3.8, 4) is 5.75 Å². The highest BCUT2D eigenvalue weighted by Gasteiger charge is 2.12. The maximum Gasteiger partial charge on any atom is 0.277 e. The van der Waals surface area contributed by atoms with E-state index in [-0.39, 0.29) is 5.56 Å². The summed E-state index contributed by atoms with van der Waals surface area (Å²) in [5.74, 6) is 1.16. The number of ether oxygens (including phenoxy) is 1. The topological polar surface area (TPSA) is 59.9 Å². The van der Waals surface area contributed by atoms with E-state index in [2.05, 4.69) is 23.8 Å². The van der Waals surface area contributed by atoms with Gasteiger partial charge in [-0.25, -0.2) is 4.98 Å². The Morgan fingerprint density at radius 2 is 2.20 bits per heavy atom. The van der Waals surface area contributed by atoms with Crippen LogP contribution in [0, 0.1) is 5.92 Å². The van der Waals surface area contributed by atoms with E-state index in [9.17, 15) is 4.79 Å². The first kappa shape index (κ1) is 12.7. The second kappa shape index (κ2) is 4.67. The van der Waals surface area contributed by atoms with Crippen LogP contribution in [0.1, 0.15) is 13.8 Å². The number of benzene rings is 1. The fourth-order valence-electron chi connectivity index (χ4n) is 2.42. The summed E-state index contributed by atoms with van der Waals surface area (Å²) in [5.41, 5.74) is 2.12. The SMILES string of the molecule is COc1ccc2[nH]c3c(=O)n(CC(C)C)cnc3c2c1. The fourth-order valence-corrected chi connectivity index (χ4v) is 2.42. The molecule has 1 N–H and O–H groups in total. The molecule has 0 bridgehead atoms. The summed E-state index contributed by atoms with van der Waals surface area (Å²) in [6.07, 6.45) is 1.62. The van der Waals surface area contributed by atoms with Crippen LogP contribution in [0.5, 0.6) is 5.75 Å². The van der Waals surface area contributed by atoms with Gasteiger partial charge in [0.2, 0.25) is 0 Å². The van der Waals surface area contributed by atoms with Crippen LogP contribution in [-0.4, -0.2) is 21.6 Å². The number of aromatic nitrogens is 3. The molecule has 3 rings (SSSR count). The third-order valence-electron chi connectivity index (χ3n) is 3.34. The van der Waals surface area contributed by atoms with Gasteiger partial charge in [0.1, 0.15) is 16.8 Å². The standard InChI is InChI=1S/C15H17N3O2/c1-9(2)7-18-8-16-13-11-6-10(20-3)4-5-12(11)17-14(13)15(18)19/h4-6,8-9,17H,7H2,1-3H3. The normalized spacial score (nSPS) is 11.6. The first-order chi connectivity index (χ1) is 9.60. The van der Waals surface area contributed by atoms with Crippen molar-refractivity contribution >= 4 is 21.9 Å². The Morgan fingerprint density at radius 3 is 2.90 bits per heavy atom. The first-order valence-electron chi connectivity index (χ1n) is 6.65. The molecule has 0 spiro atoms. The largest absolute Gasteiger partial charge is 0.497 e. The predicted molar refractivity (Wildman–Crippen MR) is 79.2 cm³/mol. The van der Waals surface area contributed by atoms with Crippen LogP contribution in [0.15, 0.2) is 29.3 Å². The third kappa shape index (κ3) is 1.95. The third-order valence-corrected chi connectivity index (χ3v) is 3.34. The summed E-state index contributed by atoms with van der Waals surface area (Å²) in [5, 5.41) is 0.910. The maximum atomic E-state index is 12.4. The van der Waals surface area contributed by atoms with Gasteiger partial charge in [-0.3, -0.25) is 9.36 Å². The van der Waals surface area contributed by atoms with Gasteiger partial charge in [0, 0.05) is 17.4 Å². The van der Waals surface area contributed by atoms with Crippen molar-refractivity contribution in [2.24, 2.45) is 5.92 Å². The summed E-state index contributed by atoms with van der Waals surface area (Å²) in [4.78, 5) is 20.0. The molecule has 0 atom stereocenters. The van der Waals surface area contributed by atoms with Crippen LogP contribution in [0.25, 0.3) is 21.9 Å². The van der Waals surface area contributed by atoms with E-state index in [4.69, 9.17) is 4.74 Å². The van der Waals surface area contributed by atoms with E-state index < -0.39 is 0 Å². The van der Waals surface area contributed by atoms with E-state index in [1.807, 2.05) is 18.2 Å². The van der Waals surface area contributed by atoms with Gasteiger partial charge in [-0.15, -0.1) is 0 Å². The molecule has 5 nitrogen and oxygen atoms in total. The Balaban J connectivity index is 2.28. The second-order valence-electron chi connectivity index (χ2n) is 5.36. The van der Waals surface area contributed by atoms with E-state index in [1.165, 1.54) is 0 Å². The highest BCUT2D eigenvalue weighted by atomic mass is 16.5. The molecule has 2 heterocycles. The van der Waals surface area contributed by atoms with E-state index in [0.717, 1.165) is 16.7 Å². The minimum Gasteiger partial charge on any atom is -0.497 e. The van der Waals surface area contributed by atoms with Gasteiger partial charge in [0.05, 0.1) is 13.4 Å². The average molecular weight is 271 g/mol. The van der Waals surface area contributed by atoms with Crippen LogP contribution in [0.2, 0.25) is 0 Å². The number of aromatic amines is 1. The number of hydrogen-bond donors (Lipinski definition) is 1. The van der Waals surface area contributed by atoms with Gasteiger partial charge in [0.25, 0.3) is 5.56 Å². The lowest BCUT2D eigenvalue weighted by atomic mass is 10.2. The number of nitrogens with zero attached hydrogens (tertiary/aromatic N) is 2. The van der Waals surface area contributed by atoms with Crippen molar-refractivity contribution in [3.63, 3.8) is 0 Å². The maximum absolute atomic E-state index is 12.4. The zero-order valence-electron chi connectivity index (χ0n) is 11.8. The quantitative estimate of drug-likeness (QED) is 0.796. The number of H-pyrrole nitrogens is 1. The molecule has 20 heavy (non-hydrogen) atoms. The second-order valence-corrected chi connectivity index (χ2v) is 5.36. The van der Waals surface area contributed by atoms with Gasteiger partial charge in [-0.1, -0.05) is 13.8 Å². The molecule has 5 heteroatoms. The van der Waals surface area contributed by atoms with Crippen LogP contribution in [-0.2, 0) is 6.54 Å². The molecule has 0 aliphatic rings. The lowest BCUT2D eigenvalue weighted by Crippen LogP contribution is -2.22. The molecule has 0 saturated heterocycles. The smallest absolute Gasteiger partial charge is 0.277 e. The molecule has 0 saturated carbocycles. The summed E-state index contributed by atoms with van der Waals surface area (Å²) < 4.78 is 6.87. The fraction of sp³-hybridized carbons (Fsp3) is 0.333. The molecule has 0 unspecified atom stereocenters. The number of rotatable bonds is 3. The van der Waals surface area contributed by atoms with Crippen molar-refractivity contribution < 1.29 is 4.74 Å². The predicted octanol–water partition coefficient (Wildman–Crippen LogP) is 2.54. The molecule has 0 fully saturated rings. The Kier molecular flexibility index (Phi) is 2.97. The molecule has 0 amide bonds. The minimum atomic E-state index is -0.0288. The molecular weight excluding hydrogens is 254 g/mol. The number of fused-ring (bicyclic) bond motifs is 3. The van der Waals surface area contributed by atoms with Crippen LogP contribution in [0.4, 0.5) is 0 Å². The molecule has 2 aromatic heterocycles. The zero-order chi connectivity index (χ0) is 14.3.